The number of rotatable bonds is 7. The van der Waals surface area contributed by atoms with Crippen molar-refractivity contribution in [3.63, 3.8) is 0 Å². The summed E-state index contributed by atoms with van der Waals surface area (Å²) < 4.78 is 30.1. The van der Waals surface area contributed by atoms with E-state index in [1.54, 1.807) is 58.0 Å². The Morgan fingerprint density at radius 2 is 1.88 bits per heavy atom. The molecule has 0 bridgehead atoms. The van der Waals surface area contributed by atoms with E-state index in [4.69, 9.17) is 19.7 Å². The average Bonchev–Trinajstić information content (AvgIpc) is 3.23. The molecule has 3 N–H and O–H groups in total. The first kappa shape index (κ1) is 24.8. The number of benzene rings is 2. The normalized spacial score (nSPS) is 12.2. The fourth-order valence-corrected chi connectivity index (χ4v) is 3.02. The Labute approximate surface area is 196 Å². The zero-order chi connectivity index (χ0) is 24.9. The number of nitrogens with two attached hydrogens (primary N) is 1. The van der Waals surface area contributed by atoms with Crippen molar-refractivity contribution in [1.82, 2.24) is 10.1 Å². The van der Waals surface area contributed by atoms with Crippen molar-refractivity contribution in [3.8, 4) is 22.8 Å². The molecule has 10 heteroatoms. The van der Waals surface area contributed by atoms with Crippen LogP contribution in [0.1, 0.15) is 33.3 Å². The smallest absolute Gasteiger partial charge is 0.412 e. The van der Waals surface area contributed by atoms with Gasteiger partial charge < -0.3 is 19.7 Å². The Morgan fingerprint density at radius 3 is 2.50 bits per heavy atom. The molecule has 0 saturated carbocycles. The van der Waals surface area contributed by atoms with Crippen molar-refractivity contribution < 1.29 is 28.0 Å². The summed E-state index contributed by atoms with van der Waals surface area (Å²) in [5.74, 6) is -0.851. The molecule has 0 radical (unpaired) electrons. The molecule has 2 aromatic carbocycles. The van der Waals surface area contributed by atoms with Crippen LogP contribution in [0, 0.1) is 5.82 Å². The van der Waals surface area contributed by atoms with Gasteiger partial charge in [0.2, 0.25) is 5.82 Å². The number of carbonyl (C=O) groups excluding carboxylic acids is 2. The fourth-order valence-electron chi connectivity index (χ4n) is 3.02. The van der Waals surface area contributed by atoms with E-state index >= 15 is 0 Å². The number of ether oxygens (including phenoxy) is 2. The number of halogens is 1. The minimum absolute atomic E-state index is 0.0738. The molecule has 1 atom stereocenters. The first-order valence-corrected chi connectivity index (χ1v) is 10.7. The number of amides is 1. The number of esters is 1. The maximum Gasteiger partial charge on any atom is 0.412 e. The van der Waals surface area contributed by atoms with Crippen molar-refractivity contribution >= 4 is 17.7 Å². The Balaban J connectivity index is 1.69. The van der Waals surface area contributed by atoms with Gasteiger partial charge in [-0.05, 0) is 76.1 Å². The maximum absolute atomic E-state index is 14.7. The highest BCUT2D eigenvalue weighted by molar-refractivity contribution is 5.85. The number of aromatic nitrogens is 2. The molecule has 1 heterocycles. The van der Waals surface area contributed by atoms with E-state index in [-0.39, 0.29) is 30.3 Å². The van der Waals surface area contributed by atoms with Crippen LogP contribution in [0.25, 0.3) is 22.8 Å². The summed E-state index contributed by atoms with van der Waals surface area (Å²) in [6, 6.07) is 10.2. The van der Waals surface area contributed by atoms with Crippen LogP contribution in [0.3, 0.4) is 0 Å². The van der Waals surface area contributed by atoms with Crippen LogP contribution in [0.5, 0.6) is 0 Å². The molecule has 180 valence electrons. The minimum atomic E-state index is -0.880. The number of carbonyl (C=O) groups is 2. The number of hydrogen-bond acceptors (Lipinski definition) is 8. The summed E-state index contributed by atoms with van der Waals surface area (Å²) in [7, 11) is 0. The molecule has 1 unspecified atom stereocenters. The van der Waals surface area contributed by atoms with Crippen LogP contribution in [0.2, 0.25) is 0 Å². The molecular weight excluding hydrogens is 443 g/mol. The molecule has 0 aliphatic rings. The van der Waals surface area contributed by atoms with Crippen LogP contribution in [0.15, 0.2) is 47.0 Å². The SMILES string of the molecule is CCOC(=O)C(N)Cc1ccc(-c2noc(-c3ccc(NC(=O)OC(C)(C)C)cc3)n2)c(F)c1. The molecule has 3 rings (SSSR count). The van der Waals surface area contributed by atoms with Crippen LogP contribution in [-0.2, 0) is 20.7 Å². The summed E-state index contributed by atoms with van der Waals surface area (Å²) in [4.78, 5) is 27.8. The third-order valence-corrected chi connectivity index (χ3v) is 4.52. The lowest BCUT2D eigenvalue weighted by Crippen LogP contribution is -2.34. The van der Waals surface area contributed by atoms with Crippen LogP contribution < -0.4 is 11.1 Å². The lowest BCUT2D eigenvalue weighted by Gasteiger charge is -2.19. The standard InChI is InChI=1S/C24H27FN4O5/c1-5-32-22(30)19(26)13-14-6-11-17(18(25)12-14)20-28-21(34-29-20)15-7-9-16(10-8-15)27-23(31)33-24(2,3)4/h6-12,19H,5,13,26H2,1-4H3,(H,27,31). The van der Waals surface area contributed by atoms with Crippen LogP contribution in [-0.4, -0.2) is 40.5 Å². The largest absolute Gasteiger partial charge is 0.465 e. The van der Waals surface area contributed by atoms with Crippen molar-refractivity contribution in [2.24, 2.45) is 5.73 Å². The topological polar surface area (TPSA) is 130 Å². The van der Waals surface area contributed by atoms with Crippen LogP contribution in [0.4, 0.5) is 14.9 Å². The van der Waals surface area contributed by atoms with E-state index in [1.165, 1.54) is 12.1 Å². The molecule has 0 spiro atoms. The fraction of sp³-hybridized carbons (Fsp3) is 0.333. The minimum Gasteiger partial charge on any atom is -0.465 e. The molecule has 34 heavy (non-hydrogen) atoms. The van der Waals surface area contributed by atoms with Gasteiger partial charge in [-0.3, -0.25) is 10.1 Å². The summed E-state index contributed by atoms with van der Waals surface area (Å²) in [5, 5.41) is 6.50. The summed E-state index contributed by atoms with van der Waals surface area (Å²) >= 11 is 0. The monoisotopic (exact) mass is 470 g/mol. The molecule has 1 amide bonds. The van der Waals surface area contributed by atoms with Crippen molar-refractivity contribution in [3.05, 3.63) is 53.8 Å². The second kappa shape index (κ2) is 10.4. The van der Waals surface area contributed by atoms with Gasteiger partial charge in [-0.15, -0.1) is 0 Å². The second-order valence-corrected chi connectivity index (χ2v) is 8.50. The molecule has 0 fully saturated rings. The third kappa shape index (κ3) is 6.61. The molecule has 3 aromatic rings. The predicted molar refractivity (Wildman–Crippen MR) is 123 cm³/mol. The average molecular weight is 471 g/mol. The summed E-state index contributed by atoms with van der Waals surface area (Å²) in [6.07, 6.45) is -0.431. The molecule has 0 saturated heterocycles. The van der Waals surface area contributed by atoms with E-state index < -0.39 is 29.5 Å². The zero-order valence-corrected chi connectivity index (χ0v) is 19.4. The van der Waals surface area contributed by atoms with E-state index in [0.717, 1.165) is 0 Å². The number of anilines is 1. The highest BCUT2D eigenvalue weighted by Crippen LogP contribution is 2.26. The third-order valence-electron chi connectivity index (χ3n) is 4.52. The molecule has 0 aliphatic heterocycles. The van der Waals surface area contributed by atoms with Crippen molar-refractivity contribution in [2.75, 3.05) is 11.9 Å². The van der Waals surface area contributed by atoms with Gasteiger partial charge in [-0.1, -0.05) is 11.2 Å². The second-order valence-electron chi connectivity index (χ2n) is 8.50. The van der Waals surface area contributed by atoms with Gasteiger partial charge in [0, 0.05) is 11.3 Å². The molecular formula is C24H27FN4O5. The summed E-state index contributed by atoms with van der Waals surface area (Å²) in [6.45, 7) is 7.24. The van der Waals surface area contributed by atoms with Gasteiger partial charge in [-0.2, -0.15) is 4.98 Å². The van der Waals surface area contributed by atoms with Gasteiger partial charge >= 0.3 is 12.1 Å². The quantitative estimate of drug-likeness (QED) is 0.488. The summed E-state index contributed by atoms with van der Waals surface area (Å²) in [5.41, 5.74) is 7.00. The Morgan fingerprint density at radius 1 is 1.18 bits per heavy atom. The number of nitrogens with one attached hydrogen (secondary N) is 1. The number of nitrogens with zero attached hydrogens (tertiary/aromatic N) is 2. The lowest BCUT2D eigenvalue weighted by atomic mass is 10.0. The lowest BCUT2D eigenvalue weighted by molar-refractivity contribution is -0.144. The Bertz CT molecular complexity index is 1150. The van der Waals surface area contributed by atoms with E-state index in [0.29, 0.717) is 16.8 Å². The van der Waals surface area contributed by atoms with Crippen LogP contribution >= 0.6 is 0 Å². The van der Waals surface area contributed by atoms with Gasteiger partial charge in [0.1, 0.15) is 17.5 Å². The number of hydrogen-bond donors (Lipinski definition) is 2. The Hall–Kier alpha value is -3.79. The van der Waals surface area contributed by atoms with Gasteiger partial charge in [0.25, 0.3) is 5.89 Å². The van der Waals surface area contributed by atoms with Crippen molar-refractivity contribution in [1.29, 1.82) is 0 Å². The highest BCUT2D eigenvalue weighted by Gasteiger charge is 2.19. The van der Waals surface area contributed by atoms with E-state index in [1.807, 2.05) is 0 Å². The predicted octanol–water partition coefficient (Wildman–Crippen LogP) is 4.32. The Kier molecular flexibility index (Phi) is 7.62. The van der Waals surface area contributed by atoms with Crippen molar-refractivity contribution in [2.45, 2.75) is 45.8 Å². The molecule has 0 aliphatic carbocycles. The maximum atomic E-state index is 14.7. The van der Waals surface area contributed by atoms with Gasteiger partial charge in [0.05, 0.1) is 12.2 Å². The molecule has 1 aromatic heterocycles. The van der Waals surface area contributed by atoms with Gasteiger partial charge in [0.15, 0.2) is 0 Å². The van der Waals surface area contributed by atoms with E-state index in [2.05, 4.69) is 15.5 Å². The van der Waals surface area contributed by atoms with Gasteiger partial charge in [-0.25, -0.2) is 9.18 Å². The first-order valence-electron chi connectivity index (χ1n) is 10.7. The van der Waals surface area contributed by atoms with E-state index in [9.17, 15) is 14.0 Å². The molecule has 9 nitrogen and oxygen atoms in total. The highest BCUT2D eigenvalue weighted by atomic mass is 19.1. The zero-order valence-electron chi connectivity index (χ0n) is 19.4. The first-order chi connectivity index (χ1) is 16.1.